The summed E-state index contributed by atoms with van der Waals surface area (Å²) in [6.45, 7) is 3.77. The van der Waals surface area contributed by atoms with Gasteiger partial charge in [0, 0.05) is 36.7 Å². The zero-order valence-electron chi connectivity index (χ0n) is 19.8. The van der Waals surface area contributed by atoms with E-state index in [0.717, 1.165) is 29.6 Å². The Bertz CT molecular complexity index is 1530. The molecule has 9 nitrogen and oxygen atoms in total. The number of allylic oxidation sites excluding steroid dienone is 1. The number of carbonyl (C=O) groups is 2. The summed E-state index contributed by atoms with van der Waals surface area (Å²) in [5.74, 6) is 0.688. The second-order valence-electron chi connectivity index (χ2n) is 9.65. The van der Waals surface area contributed by atoms with Crippen molar-refractivity contribution < 1.29 is 14.7 Å². The lowest BCUT2D eigenvalue weighted by Crippen LogP contribution is -2.27. The summed E-state index contributed by atoms with van der Waals surface area (Å²) in [5, 5.41) is 14.5. The minimum absolute atomic E-state index is 0.00687. The third kappa shape index (κ3) is 3.82. The van der Waals surface area contributed by atoms with E-state index in [0.29, 0.717) is 30.7 Å². The average molecular weight is 483 g/mol. The van der Waals surface area contributed by atoms with Gasteiger partial charge in [-0.2, -0.15) is 0 Å². The van der Waals surface area contributed by atoms with Gasteiger partial charge in [-0.3, -0.25) is 4.79 Å². The summed E-state index contributed by atoms with van der Waals surface area (Å²) >= 11 is 0. The third-order valence-electron chi connectivity index (χ3n) is 7.33. The van der Waals surface area contributed by atoms with Crippen molar-refractivity contribution >= 4 is 28.5 Å². The molecule has 2 aromatic carbocycles. The SMILES string of the molecule is Cc1nc(C(N)=O)nn1-c1ccc2c(ccn2Cc2ccc(C3=C[C@@H]4CN(C(=O)O)C[C@@H]4C3)cc2)c1. The maximum absolute atomic E-state index is 11.4. The molecular weight excluding hydrogens is 456 g/mol. The van der Waals surface area contributed by atoms with E-state index in [1.807, 2.05) is 18.2 Å². The Morgan fingerprint density at radius 1 is 1.11 bits per heavy atom. The van der Waals surface area contributed by atoms with E-state index in [4.69, 9.17) is 5.73 Å². The molecule has 182 valence electrons. The normalized spacial score (nSPS) is 19.0. The minimum Gasteiger partial charge on any atom is -0.465 e. The van der Waals surface area contributed by atoms with Crippen molar-refractivity contribution in [1.29, 1.82) is 0 Å². The van der Waals surface area contributed by atoms with Crippen LogP contribution in [0.5, 0.6) is 0 Å². The molecule has 0 radical (unpaired) electrons. The Morgan fingerprint density at radius 3 is 2.61 bits per heavy atom. The summed E-state index contributed by atoms with van der Waals surface area (Å²) in [5.41, 5.74) is 11.0. The molecule has 0 saturated carbocycles. The fourth-order valence-corrected chi connectivity index (χ4v) is 5.50. The molecule has 2 amide bonds. The van der Waals surface area contributed by atoms with Crippen LogP contribution in [0.1, 0.15) is 34.0 Å². The fourth-order valence-electron chi connectivity index (χ4n) is 5.50. The summed E-state index contributed by atoms with van der Waals surface area (Å²) in [7, 11) is 0. The molecule has 4 aromatic rings. The van der Waals surface area contributed by atoms with Crippen LogP contribution >= 0.6 is 0 Å². The van der Waals surface area contributed by atoms with E-state index < -0.39 is 12.0 Å². The van der Waals surface area contributed by atoms with Gasteiger partial charge in [-0.1, -0.05) is 30.3 Å². The number of primary amides is 1. The van der Waals surface area contributed by atoms with Crippen molar-refractivity contribution in [2.45, 2.75) is 19.9 Å². The maximum atomic E-state index is 11.4. The van der Waals surface area contributed by atoms with Crippen molar-refractivity contribution in [2.24, 2.45) is 17.6 Å². The van der Waals surface area contributed by atoms with E-state index in [9.17, 15) is 14.7 Å². The molecule has 2 atom stereocenters. The van der Waals surface area contributed by atoms with Crippen LogP contribution in [0, 0.1) is 18.8 Å². The van der Waals surface area contributed by atoms with E-state index in [-0.39, 0.29) is 5.82 Å². The molecule has 1 fully saturated rings. The smallest absolute Gasteiger partial charge is 0.407 e. The highest BCUT2D eigenvalue weighted by atomic mass is 16.4. The van der Waals surface area contributed by atoms with Crippen molar-refractivity contribution in [1.82, 2.24) is 24.2 Å². The van der Waals surface area contributed by atoms with E-state index in [2.05, 4.69) is 57.3 Å². The molecule has 9 heteroatoms. The van der Waals surface area contributed by atoms with Gasteiger partial charge in [0.25, 0.3) is 5.91 Å². The number of carbonyl (C=O) groups excluding carboxylic acids is 1. The molecule has 2 aliphatic rings. The van der Waals surface area contributed by atoms with Crippen molar-refractivity contribution in [2.75, 3.05) is 13.1 Å². The first kappa shape index (κ1) is 22.1. The lowest BCUT2D eigenvalue weighted by Gasteiger charge is -2.13. The highest BCUT2D eigenvalue weighted by Gasteiger charge is 2.38. The highest BCUT2D eigenvalue weighted by molar-refractivity contribution is 5.89. The lowest BCUT2D eigenvalue weighted by molar-refractivity contribution is 0.0990. The van der Waals surface area contributed by atoms with Crippen LogP contribution < -0.4 is 5.73 Å². The minimum atomic E-state index is -0.816. The molecule has 1 saturated heterocycles. The number of hydrogen-bond acceptors (Lipinski definition) is 4. The number of aryl methyl sites for hydroxylation is 1. The molecule has 6 rings (SSSR count). The maximum Gasteiger partial charge on any atom is 0.407 e. The number of likely N-dealkylation sites (tertiary alicyclic amines) is 1. The van der Waals surface area contributed by atoms with Crippen LogP contribution in [0.25, 0.3) is 22.2 Å². The average Bonchev–Trinajstić information content (AvgIpc) is 3.62. The summed E-state index contributed by atoms with van der Waals surface area (Å²) in [6.07, 6.45) is 4.46. The van der Waals surface area contributed by atoms with Gasteiger partial charge in [-0.05, 0) is 66.1 Å². The quantitative estimate of drug-likeness (QED) is 0.450. The van der Waals surface area contributed by atoms with E-state index >= 15 is 0 Å². The second kappa shape index (κ2) is 8.37. The van der Waals surface area contributed by atoms with Crippen LogP contribution in [-0.4, -0.2) is 54.4 Å². The monoisotopic (exact) mass is 482 g/mol. The fraction of sp³-hybridized carbons (Fsp3) is 0.259. The molecule has 0 spiro atoms. The zero-order valence-corrected chi connectivity index (χ0v) is 19.8. The largest absolute Gasteiger partial charge is 0.465 e. The summed E-state index contributed by atoms with van der Waals surface area (Å²) in [4.78, 5) is 28.3. The second-order valence-corrected chi connectivity index (χ2v) is 9.65. The molecule has 1 aliphatic heterocycles. The van der Waals surface area contributed by atoms with Crippen LogP contribution in [0.4, 0.5) is 4.79 Å². The van der Waals surface area contributed by atoms with Crippen LogP contribution in [0.2, 0.25) is 0 Å². The number of hydrogen-bond donors (Lipinski definition) is 2. The summed E-state index contributed by atoms with van der Waals surface area (Å²) in [6, 6.07) is 16.8. The number of aromatic nitrogens is 4. The van der Waals surface area contributed by atoms with Gasteiger partial charge in [-0.15, -0.1) is 5.10 Å². The third-order valence-corrected chi connectivity index (χ3v) is 7.33. The van der Waals surface area contributed by atoms with Gasteiger partial charge in [0.2, 0.25) is 5.82 Å². The topological polar surface area (TPSA) is 119 Å². The zero-order chi connectivity index (χ0) is 25.0. The Hall–Kier alpha value is -4.40. The number of amides is 2. The van der Waals surface area contributed by atoms with Gasteiger partial charge in [0.15, 0.2) is 0 Å². The van der Waals surface area contributed by atoms with E-state index in [1.165, 1.54) is 21.6 Å². The number of nitrogens with two attached hydrogens (primary N) is 1. The highest BCUT2D eigenvalue weighted by Crippen LogP contribution is 2.41. The van der Waals surface area contributed by atoms with Gasteiger partial charge < -0.3 is 20.3 Å². The first-order valence-corrected chi connectivity index (χ1v) is 12.0. The molecule has 3 heterocycles. The van der Waals surface area contributed by atoms with Crippen LogP contribution in [-0.2, 0) is 6.54 Å². The Kier molecular flexibility index (Phi) is 5.13. The molecular formula is C27H26N6O3. The van der Waals surface area contributed by atoms with Gasteiger partial charge in [-0.25, -0.2) is 14.5 Å². The van der Waals surface area contributed by atoms with Crippen LogP contribution in [0.3, 0.4) is 0 Å². The Balaban J connectivity index is 1.18. The first-order chi connectivity index (χ1) is 17.4. The molecule has 1 aliphatic carbocycles. The standard InChI is InChI=1S/C27H26N6O3/c1-16-29-26(25(28)34)30-33(16)23-6-7-24-19(12-23)8-9-31(24)13-17-2-4-18(5-3-17)20-10-21-14-32(27(35)36)15-22(21)11-20/h2-10,12,21-22H,11,13-15H2,1H3,(H2,28,34)(H,35,36)/t21-,22+/m1/s1. The number of fused-ring (bicyclic) bond motifs is 2. The number of rotatable bonds is 5. The number of nitrogens with zero attached hydrogens (tertiary/aromatic N) is 5. The molecule has 0 bridgehead atoms. The first-order valence-electron chi connectivity index (χ1n) is 12.0. The van der Waals surface area contributed by atoms with Crippen molar-refractivity contribution in [3.8, 4) is 5.69 Å². The van der Waals surface area contributed by atoms with Gasteiger partial charge in [0.1, 0.15) is 5.82 Å². The van der Waals surface area contributed by atoms with Crippen LogP contribution in [0.15, 0.2) is 60.8 Å². The van der Waals surface area contributed by atoms with Gasteiger partial charge >= 0.3 is 6.09 Å². The van der Waals surface area contributed by atoms with E-state index in [1.54, 1.807) is 11.6 Å². The Labute approximate surface area is 207 Å². The summed E-state index contributed by atoms with van der Waals surface area (Å²) < 4.78 is 3.83. The number of carboxylic acid groups (broad SMARTS) is 1. The predicted octanol–water partition coefficient (Wildman–Crippen LogP) is 3.69. The Morgan fingerprint density at radius 2 is 1.92 bits per heavy atom. The molecule has 2 aromatic heterocycles. The molecule has 36 heavy (non-hydrogen) atoms. The predicted molar refractivity (Wildman–Crippen MR) is 135 cm³/mol. The van der Waals surface area contributed by atoms with Gasteiger partial charge in [0.05, 0.1) is 5.69 Å². The van der Waals surface area contributed by atoms with Crippen molar-refractivity contribution in [3.05, 3.63) is 83.6 Å². The molecule has 3 N–H and O–H groups in total. The number of benzene rings is 2. The van der Waals surface area contributed by atoms with Crippen molar-refractivity contribution in [3.63, 3.8) is 0 Å². The lowest BCUT2D eigenvalue weighted by atomic mass is 9.98. The molecule has 0 unspecified atom stereocenters.